The van der Waals surface area contributed by atoms with E-state index >= 15 is 0 Å². The van der Waals surface area contributed by atoms with Gasteiger partial charge < -0.3 is 9.52 Å². The fourth-order valence-corrected chi connectivity index (χ4v) is 3.50. The van der Waals surface area contributed by atoms with E-state index in [4.69, 9.17) is 4.42 Å². The molecule has 2 aromatic carbocycles. The molecular weight excluding hydrogens is 333 g/mol. The van der Waals surface area contributed by atoms with Crippen molar-refractivity contribution in [1.29, 1.82) is 0 Å². The molecule has 1 atom stereocenters. The Hall–Kier alpha value is -2.22. The number of hydrogen-bond acceptors (Lipinski definition) is 4. The third-order valence-electron chi connectivity index (χ3n) is 3.61. The topological polar surface area (TPSA) is 79.5 Å². The molecule has 3 aromatic rings. The molecule has 7 heteroatoms. The molecule has 126 valence electrons. The van der Waals surface area contributed by atoms with Crippen LogP contribution in [-0.2, 0) is 10.0 Å². The molecule has 0 amide bonds. The van der Waals surface area contributed by atoms with Gasteiger partial charge in [0.1, 0.15) is 28.2 Å². The minimum absolute atomic E-state index is 0.0467. The molecule has 2 N–H and O–H groups in total. The lowest BCUT2D eigenvalue weighted by molar-refractivity contribution is 0.144. The van der Waals surface area contributed by atoms with Gasteiger partial charge in [-0.2, -0.15) is 0 Å². The van der Waals surface area contributed by atoms with Crippen LogP contribution in [0.25, 0.3) is 11.0 Å². The Bertz CT molecular complexity index is 919. The highest BCUT2D eigenvalue weighted by molar-refractivity contribution is 7.89. The first-order valence-corrected chi connectivity index (χ1v) is 8.86. The van der Waals surface area contributed by atoms with Crippen molar-refractivity contribution >= 4 is 21.0 Å². The Kier molecular flexibility index (Phi) is 4.66. The second kappa shape index (κ2) is 6.72. The standard InChI is InChI=1S/C17H16FNO4S/c18-13-6-2-4-8-17(13)24(21,22)19-10-9-14(20)16-11-12-5-1-3-7-15(12)23-16/h1-8,11,14,19-20H,9-10H2/t14-/m0/s1. The van der Waals surface area contributed by atoms with E-state index in [1.165, 1.54) is 18.2 Å². The van der Waals surface area contributed by atoms with E-state index in [0.29, 0.717) is 11.3 Å². The zero-order valence-corrected chi connectivity index (χ0v) is 13.5. The van der Waals surface area contributed by atoms with Crippen LogP contribution in [-0.4, -0.2) is 20.1 Å². The Balaban J connectivity index is 1.64. The number of rotatable bonds is 6. The maximum absolute atomic E-state index is 13.6. The number of aliphatic hydroxyl groups is 1. The SMILES string of the molecule is O=S(=O)(NCC[C@H](O)c1cc2ccccc2o1)c1ccccc1F. The Morgan fingerprint density at radius 3 is 2.58 bits per heavy atom. The van der Waals surface area contributed by atoms with E-state index in [2.05, 4.69) is 4.72 Å². The number of aliphatic hydroxyl groups excluding tert-OH is 1. The fourth-order valence-electron chi connectivity index (χ4n) is 2.38. The monoisotopic (exact) mass is 349 g/mol. The predicted octanol–water partition coefficient (Wildman–Crippen LogP) is 2.97. The third-order valence-corrected chi connectivity index (χ3v) is 5.10. The number of nitrogens with one attached hydrogen (secondary N) is 1. The van der Waals surface area contributed by atoms with Gasteiger partial charge in [-0.25, -0.2) is 17.5 Å². The van der Waals surface area contributed by atoms with Gasteiger partial charge in [0.15, 0.2) is 0 Å². The normalized spacial score (nSPS) is 13.2. The number of sulfonamides is 1. The molecule has 0 fully saturated rings. The summed E-state index contributed by atoms with van der Waals surface area (Å²) in [6.45, 7) is -0.0467. The second-order valence-corrected chi connectivity index (χ2v) is 7.05. The molecule has 0 aliphatic rings. The Morgan fingerprint density at radius 2 is 1.83 bits per heavy atom. The summed E-state index contributed by atoms with van der Waals surface area (Å²) in [5.74, 6) is -0.455. The molecule has 1 heterocycles. The maximum atomic E-state index is 13.6. The maximum Gasteiger partial charge on any atom is 0.243 e. The van der Waals surface area contributed by atoms with Crippen molar-refractivity contribution in [3.8, 4) is 0 Å². The van der Waals surface area contributed by atoms with Gasteiger partial charge in [-0.05, 0) is 30.7 Å². The number of fused-ring (bicyclic) bond motifs is 1. The van der Waals surface area contributed by atoms with Gasteiger partial charge in [0, 0.05) is 11.9 Å². The first-order chi connectivity index (χ1) is 11.5. The summed E-state index contributed by atoms with van der Waals surface area (Å²) in [4.78, 5) is -0.414. The molecule has 0 unspecified atom stereocenters. The average molecular weight is 349 g/mol. The molecule has 3 rings (SSSR count). The van der Waals surface area contributed by atoms with Crippen LogP contribution in [0.5, 0.6) is 0 Å². The van der Waals surface area contributed by atoms with E-state index in [1.54, 1.807) is 12.1 Å². The summed E-state index contributed by atoms with van der Waals surface area (Å²) in [7, 11) is -3.96. The molecule has 0 aliphatic heterocycles. The molecule has 0 saturated heterocycles. The van der Waals surface area contributed by atoms with Crippen LogP contribution in [0, 0.1) is 5.82 Å². The Labute approximate surface area is 138 Å². The van der Waals surface area contributed by atoms with Gasteiger partial charge in [0.2, 0.25) is 10.0 Å². The number of para-hydroxylation sites is 1. The molecule has 0 saturated carbocycles. The minimum atomic E-state index is -3.96. The highest BCUT2D eigenvalue weighted by atomic mass is 32.2. The van der Waals surface area contributed by atoms with Crippen LogP contribution in [0.3, 0.4) is 0 Å². The van der Waals surface area contributed by atoms with Gasteiger partial charge >= 0.3 is 0 Å². The number of benzene rings is 2. The number of halogens is 1. The largest absolute Gasteiger partial charge is 0.458 e. The van der Waals surface area contributed by atoms with Crippen molar-refractivity contribution in [2.45, 2.75) is 17.4 Å². The van der Waals surface area contributed by atoms with Gasteiger partial charge in [-0.3, -0.25) is 0 Å². The van der Waals surface area contributed by atoms with E-state index in [9.17, 15) is 17.9 Å². The lowest BCUT2D eigenvalue weighted by Gasteiger charge is -2.10. The predicted molar refractivity (Wildman–Crippen MR) is 87.4 cm³/mol. The molecule has 1 aromatic heterocycles. The van der Waals surface area contributed by atoms with E-state index in [0.717, 1.165) is 11.5 Å². The molecule has 0 radical (unpaired) electrons. The zero-order valence-electron chi connectivity index (χ0n) is 12.6. The van der Waals surface area contributed by atoms with Crippen molar-refractivity contribution in [1.82, 2.24) is 4.72 Å². The quantitative estimate of drug-likeness (QED) is 0.717. The number of furan rings is 1. The van der Waals surface area contributed by atoms with Crippen molar-refractivity contribution < 1.29 is 22.3 Å². The molecule has 0 bridgehead atoms. The van der Waals surface area contributed by atoms with Crippen LogP contribution in [0.1, 0.15) is 18.3 Å². The van der Waals surface area contributed by atoms with Crippen LogP contribution >= 0.6 is 0 Å². The van der Waals surface area contributed by atoms with Crippen LogP contribution in [0.2, 0.25) is 0 Å². The van der Waals surface area contributed by atoms with E-state index in [1.807, 2.05) is 18.2 Å². The molecular formula is C17H16FNO4S. The molecule has 24 heavy (non-hydrogen) atoms. The minimum Gasteiger partial charge on any atom is -0.458 e. The van der Waals surface area contributed by atoms with Gasteiger partial charge in [0.25, 0.3) is 0 Å². The number of hydrogen-bond donors (Lipinski definition) is 2. The summed E-state index contributed by atoms with van der Waals surface area (Å²) in [5.41, 5.74) is 0.651. The molecule has 5 nitrogen and oxygen atoms in total. The lowest BCUT2D eigenvalue weighted by Crippen LogP contribution is -2.26. The van der Waals surface area contributed by atoms with Gasteiger partial charge in [-0.1, -0.05) is 30.3 Å². The van der Waals surface area contributed by atoms with E-state index < -0.39 is 26.8 Å². The van der Waals surface area contributed by atoms with Crippen LogP contribution in [0.15, 0.2) is 63.9 Å². The summed E-state index contributed by atoms with van der Waals surface area (Å²) in [6, 6.07) is 14.2. The molecule has 0 aliphatic carbocycles. The lowest BCUT2D eigenvalue weighted by atomic mass is 10.2. The van der Waals surface area contributed by atoms with Crippen LogP contribution < -0.4 is 4.72 Å². The van der Waals surface area contributed by atoms with Crippen LogP contribution in [0.4, 0.5) is 4.39 Å². The average Bonchev–Trinajstić information content (AvgIpc) is 2.99. The van der Waals surface area contributed by atoms with Gasteiger partial charge in [0.05, 0.1) is 0 Å². The summed E-state index contributed by atoms with van der Waals surface area (Å²) < 4.78 is 45.5. The smallest absolute Gasteiger partial charge is 0.243 e. The summed E-state index contributed by atoms with van der Waals surface area (Å²) >= 11 is 0. The second-order valence-electron chi connectivity index (χ2n) is 5.32. The van der Waals surface area contributed by atoms with Crippen molar-refractivity contribution in [3.63, 3.8) is 0 Å². The van der Waals surface area contributed by atoms with Gasteiger partial charge in [-0.15, -0.1) is 0 Å². The summed E-state index contributed by atoms with van der Waals surface area (Å²) in [5, 5.41) is 11.0. The highest BCUT2D eigenvalue weighted by Crippen LogP contribution is 2.25. The summed E-state index contributed by atoms with van der Waals surface area (Å²) in [6.07, 6.45) is -0.853. The van der Waals surface area contributed by atoms with Crippen molar-refractivity contribution in [3.05, 3.63) is 66.2 Å². The zero-order chi connectivity index (χ0) is 17.2. The van der Waals surface area contributed by atoms with Crippen molar-refractivity contribution in [2.24, 2.45) is 0 Å². The first kappa shape index (κ1) is 16.6. The first-order valence-electron chi connectivity index (χ1n) is 7.38. The molecule has 0 spiro atoms. The van der Waals surface area contributed by atoms with Crippen molar-refractivity contribution in [2.75, 3.05) is 6.54 Å². The third kappa shape index (κ3) is 3.48. The van der Waals surface area contributed by atoms with E-state index in [-0.39, 0.29) is 13.0 Å². The Morgan fingerprint density at radius 1 is 1.12 bits per heavy atom. The highest BCUT2D eigenvalue weighted by Gasteiger charge is 2.19. The fraction of sp³-hybridized carbons (Fsp3) is 0.176.